The number of rotatable bonds is 8. The summed E-state index contributed by atoms with van der Waals surface area (Å²) in [5.74, 6) is 2.14. The van der Waals surface area contributed by atoms with Crippen molar-refractivity contribution in [2.75, 3.05) is 37.4 Å². The molecular weight excluding hydrogens is 444 g/mol. The van der Waals surface area contributed by atoms with E-state index in [1.807, 2.05) is 42.2 Å². The number of hydrogen-bond acceptors (Lipinski definition) is 8. The van der Waals surface area contributed by atoms with Crippen molar-refractivity contribution in [2.45, 2.75) is 25.8 Å². The van der Waals surface area contributed by atoms with Crippen LogP contribution in [0.5, 0.6) is 11.5 Å². The van der Waals surface area contributed by atoms with E-state index in [0.29, 0.717) is 55.4 Å². The van der Waals surface area contributed by atoms with Gasteiger partial charge < -0.3 is 25.4 Å². The quantitative estimate of drug-likeness (QED) is 0.425. The minimum Gasteiger partial charge on any atom is -0.457 e. The molecule has 9 heteroatoms. The molecule has 1 amide bonds. The summed E-state index contributed by atoms with van der Waals surface area (Å²) in [5, 5.41) is 12.2. The number of nitrogens with one attached hydrogen (secondary N) is 2. The Labute approximate surface area is 204 Å². The molecule has 1 fully saturated rings. The molecule has 0 spiro atoms. The Kier molecular flexibility index (Phi) is 7.89. The fraction of sp³-hybridized carbons (Fsp3) is 0.308. The number of para-hydroxylation sites is 1. The molecule has 1 saturated heterocycles. The van der Waals surface area contributed by atoms with Gasteiger partial charge in [0.1, 0.15) is 29.5 Å². The zero-order chi connectivity index (χ0) is 24.6. The smallest absolute Gasteiger partial charge is 0.222 e. The largest absolute Gasteiger partial charge is 0.457 e. The van der Waals surface area contributed by atoms with Crippen LogP contribution in [0.4, 0.5) is 11.6 Å². The second kappa shape index (κ2) is 11.4. The summed E-state index contributed by atoms with van der Waals surface area (Å²) in [6, 6.07) is 16.5. The molecule has 2 heterocycles. The number of nitrogens with zero attached hydrogens (tertiary/aromatic N) is 3. The summed E-state index contributed by atoms with van der Waals surface area (Å²) in [4.78, 5) is 22.7. The molecule has 35 heavy (non-hydrogen) atoms. The van der Waals surface area contributed by atoms with Gasteiger partial charge in [-0.25, -0.2) is 9.97 Å². The first-order valence-corrected chi connectivity index (χ1v) is 11.7. The van der Waals surface area contributed by atoms with Crippen LogP contribution >= 0.6 is 0 Å². The van der Waals surface area contributed by atoms with Gasteiger partial charge in [0.25, 0.3) is 0 Å². The summed E-state index contributed by atoms with van der Waals surface area (Å²) in [6.07, 6.45) is 2.67. The summed E-state index contributed by atoms with van der Waals surface area (Å²) in [7, 11) is 0. The predicted molar refractivity (Wildman–Crippen MR) is 135 cm³/mol. The average molecular weight is 475 g/mol. The van der Waals surface area contributed by atoms with E-state index in [0.717, 1.165) is 12.2 Å². The van der Waals surface area contributed by atoms with Gasteiger partial charge in [-0.05, 0) is 42.8 Å². The van der Waals surface area contributed by atoms with Crippen molar-refractivity contribution in [2.24, 2.45) is 0 Å². The van der Waals surface area contributed by atoms with Crippen molar-refractivity contribution < 1.29 is 14.3 Å². The summed E-state index contributed by atoms with van der Waals surface area (Å²) < 4.78 is 11.6. The van der Waals surface area contributed by atoms with Crippen LogP contribution in [0.1, 0.15) is 30.9 Å². The highest BCUT2D eigenvalue weighted by Gasteiger charge is 2.24. The Morgan fingerprint density at radius 2 is 1.91 bits per heavy atom. The second-order valence-corrected chi connectivity index (χ2v) is 8.30. The summed E-state index contributed by atoms with van der Waals surface area (Å²) >= 11 is 0. The molecule has 4 N–H and O–H groups in total. The number of ether oxygens (including phenoxy) is 2. The van der Waals surface area contributed by atoms with Gasteiger partial charge in [0.2, 0.25) is 5.91 Å². The predicted octanol–water partition coefficient (Wildman–Crippen LogP) is 3.71. The molecule has 0 saturated carbocycles. The molecule has 1 atom stereocenters. The fourth-order valence-electron chi connectivity index (χ4n) is 3.90. The molecule has 2 aromatic carbocycles. The van der Waals surface area contributed by atoms with Gasteiger partial charge >= 0.3 is 0 Å². The molecule has 1 unspecified atom stereocenters. The van der Waals surface area contributed by atoms with Gasteiger partial charge in [-0.15, -0.1) is 0 Å². The van der Waals surface area contributed by atoms with Crippen LogP contribution in [0.15, 0.2) is 60.9 Å². The molecule has 182 valence electrons. The van der Waals surface area contributed by atoms with E-state index in [2.05, 4.69) is 15.3 Å². The molecule has 1 aliphatic heterocycles. The lowest BCUT2D eigenvalue weighted by Gasteiger charge is -2.25. The third-order valence-electron chi connectivity index (χ3n) is 5.67. The number of hydrogen-bond donors (Lipinski definition) is 3. The number of benzene rings is 2. The van der Waals surface area contributed by atoms with E-state index in [-0.39, 0.29) is 23.5 Å². The standard InChI is InChI=1S/C26H30N6O3/c1-2-6-22(33)32-13-14-34-16-19(15-32)31-26-23(25(28)29-17-30-26)24(27)18-9-11-21(12-10-18)35-20-7-4-3-5-8-20/h3-5,7-12,17,19,27H,2,6,13-16H2,1H3,(H3,28,29,30,31). The monoisotopic (exact) mass is 474 g/mol. The lowest BCUT2D eigenvalue weighted by atomic mass is 10.0. The molecular formula is C26H30N6O3. The molecule has 9 nitrogen and oxygen atoms in total. The number of carbonyl (C=O) groups excluding carboxylic acids is 1. The molecule has 0 radical (unpaired) electrons. The molecule has 1 aromatic heterocycles. The van der Waals surface area contributed by atoms with Crippen molar-refractivity contribution >= 4 is 23.3 Å². The van der Waals surface area contributed by atoms with Crippen molar-refractivity contribution in [1.29, 1.82) is 5.41 Å². The van der Waals surface area contributed by atoms with Crippen LogP contribution in [-0.2, 0) is 9.53 Å². The maximum Gasteiger partial charge on any atom is 0.222 e. The Morgan fingerprint density at radius 1 is 1.17 bits per heavy atom. The van der Waals surface area contributed by atoms with Crippen LogP contribution in [-0.4, -0.2) is 58.8 Å². The normalized spacial score (nSPS) is 15.8. The number of nitrogens with two attached hydrogens (primary N) is 1. The third-order valence-corrected chi connectivity index (χ3v) is 5.67. The number of anilines is 2. The lowest BCUT2D eigenvalue weighted by molar-refractivity contribution is -0.131. The van der Waals surface area contributed by atoms with Gasteiger partial charge in [0.05, 0.1) is 30.5 Å². The second-order valence-electron chi connectivity index (χ2n) is 8.30. The molecule has 1 aliphatic rings. The molecule has 3 aromatic rings. The molecule has 0 aliphatic carbocycles. The van der Waals surface area contributed by atoms with Gasteiger partial charge in [-0.3, -0.25) is 10.2 Å². The number of nitrogen functional groups attached to an aromatic ring is 1. The highest BCUT2D eigenvalue weighted by molar-refractivity contribution is 6.16. The van der Waals surface area contributed by atoms with E-state index in [1.54, 1.807) is 24.3 Å². The van der Waals surface area contributed by atoms with Crippen LogP contribution < -0.4 is 15.8 Å². The van der Waals surface area contributed by atoms with Crippen molar-refractivity contribution in [3.63, 3.8) is 0 Å². The lowest BCUT2D eigenvalue weighted by Crippen LogP contribution is -2.41. The first-order valence-electron chi connectivity index (χ1n) is 11.7. The van der Waals surface area contributed by atoms with Crippen LogP contribution in [0.2, 0.25) is 0 Å². The number of carbonyl (C=O) groups is 1. The zero-order valence-electron chi connectivity index (χ0n) is 19.7. The molecule has 4 rings (SSSR count). The van der Waals surface area contributed by atoms with Crippen molar-refractivity contribution in [3.8, 4) is 11.5 Å². The van der Waals surface area contributed by atoms with Crippen LogP contribution in [0.3, 0.4) is 0 Å². The average Bonchev–Trinajstić information content (AvgIpc) is 3.11. The maximum absolute atomic E-state index is 12.5. The van der Waals surface area contributed by atoms with Crippen molar-refractivity contribution in [3.05, 3.63) is 72.1 Å². The van der Waals surface area contributed by atoms with Crippen molar-refractivity contribution in [1.82, 2.24) is 14.9 Å². The van der Waals surface area contributed by atoms with Gasteiger partial charge in [-0.1, -0.05) is 25.1 Å². The minimum absolute atomic E-state index is 0.109. The minimum atomic E-state index is -0.194. The zero-order valence-corrected chi connectivity index (χ0v) is 19.7. The Bertz CT molecular complexity index is 1150. The Morgan fingerprint density at radius 3 is 2.66 bits per heavy atom. The first kappa shape index (κ1) is 24.2. The topological polar surface area (TPSA) is 126 Å². The SMILES string of the molecule is CCCC(=O)N1CCOCC(Nc2ncnc(N)c2C(=N)c2ccc(Oc3ccccc3)cc2)C1. The maximum atomic E-state index is 12.5. The first-order chi connectivity index (χ1) is 17.0. The van der Waals surface area contributed by atoms with E-state index >= 15 is 0 Å². The fourth-order valence-corrected chi connectivity index (χ4v) is 3.90. The van der Waals surface area contributed by atoms with Crippen LogP contribution in [0, 0.1) is 5.41 Å². The van der Waals surface area contributed by atoms with E-state index in [9.17, 15) is 4.79 Å². The third kappa shape index (κ3) is 6.13. The van der Waals surface area contributed by atoms with Gasteiger partial charge in [0, 0.05) is 25.1 Å². The van der Waals surface area contributed by atoms with Gasteiger partial charge in [0.15, 0.2) is 0 Å². The summed E-state index contributed by atoms with van der Waals surface area (Å²) in [5.41, 5.74) is 7.42. The highest BCUT2D eigenvalue weighted by atomic mass is 16.5. The van der Waals surface area contributed by atoms with E-state index < -0.39 is 0 Å². The van der Waals surface area contributed by atoms with Crippen LogP contribution in [0.25, 0.3) is 0 Å². The highest BCUT2D eigenvalue weighted by Crippen LogP contribution is 2.26. The van der Waals surface area contributed by atoms with E-state index in [4.69, 9.17) is 20.6 Å². The summed E-state index contributed by atoms with van der Waals surface area (Å²) in [6.45, 7) is 3.94. The molecule has 0 bridgehead atoms. The Balaban J connectivity index is 1.51. The van der Waals surface area contributed by atoms with Gasteiger partial charge in [-0.2, -0.15) is 0 Å². The Hall–Kier alpha value is -3.98. The number of amides is 1. The van der Waals surface area contributed by atoms with E-state index in [1.165, 1.54) is 6.33 Å². The number of aromatic nitrogens is 2.